The van der Waals surface area contributed by atoms with Crippen molar-refractivity contribution >= 4 is 23.2 Å². The molecular weight excluding hydrogens is 417 g/mol. The largest absolute Gasteiger partial charge is 0.355 e. The van der Waals surface area contributed by atoms with Gasteiger partial charge in [-0.2, -0.15) is 0 Å². The van der Waals surface area contributed by atoms with Crippen molar-refractivity contribution in [2.75, 3.05) is 7.05 Å². The fraction of sp³-hybridized carbons (Fsp3) is 0.0909. The quantitative estimate of drug-likeness (QED) is 0.486. The van der Waals surface area contributed by atoms with Gasteiger partial charge in [0.15, 0.2) is 5.82 Å². The second-order valence-electron chi connectivity index (χ2n) is 6.58. The van der Waals surface area contributed by atoms with E-state index in [4.69, 9.17) is 0 Å². The van der Waals surface area contributed by atoms with Gasteiger partial charge in [-0.3, -0.25) is 9.59 Å². The minimum atomic E-state index is -0.436. The Labute approximate surface area is 181 Å². The summed E-state index contributed by atoms with van der Waals surface area (Å²) in [6, 6.07) is 16.5. The molecule has 0 saturated heterocycles. The molecular formula is C22H18FN5O2S. The minimum absolute atomic E-state index is 0.00899. The molecule has 31 heavy (non-hydrogen) atoms. The van der Waals surface area contributed by atoms with E-state index in [0.717, 1.165) is 10.4 Å². The Bertz CT molecular complexity index is 1200. The molecule has 0 aliphatic carbocycles. The van der Waals surface area contributed by atoms with Gasteiger partial charge in [-0.05, 0) is 53.4 Å². The van der Waals surface area contributed by atoms with Crippen LogP contribution >= 0.6 is 11.3 Å². The fourth-order valence-electron chi connectivity index (χ4n) is 2.92. The highest BCUT2D eigenvalue weighted by Gasteiger charge is 2.19. The number of rotatable bonds is 6. The van der Waals surface area contributed by atoms with Crippen molar-refractivity contribution in [2.24, 2.45) is 0 Å². The van der Waals surface area contributed by atoms with Crippen LogP contribution < -0.4 is 10.6 Å². The zero-order chi connectivity index (χ0) is 21.8. The summed E-state index contributed by atoms with van der Waals surface area (Å²) in [5.41, 5.74) is 1.97. The molecule has 2 heterocycles. The number of halogens is 1. The summed E-state index contributed by atoms with van der Waals surface area (Å²) in [5, 5.41) is 11.6. The van der Waals surface area contributed by atoms with E-state index in [0.29, 0.717) is 17.1 Å². The zero-order valence-corrected chi connectivity index (χ0v) is 17.3. The predicted molar refractivity (Wildman–Crippen MR) is 116 cm³/mol. The van der Waals surface area contributed by atoms with Crippen LogP contribution in [-0.4, -0.2) is 33.6 Å². The third kappa shape index (κ3) is 4.51. The zero-order valence-electron chi connectivity index (χ0n) is 16.5. The average molecular weight is 435 g/mol. The third-order valence-electron chi connectivity index (χ3n) is 4.52. The molecule has 7 nitrogen and oxygen atoms in total. The fourth-order valence-corrected chi connectivity index (χ4v) is 3.61. The van der Waals surface area contributed by atoms with Crippen molar-refractivity contribution < 1.29 is 14.0 Å². The first-order valence-electron chi connectivity index (χ1n) is 9.41. The van der Waals surface area contributed by atoms with Gasteiger partial charge in [0.1, 0.15) is 5.82 Å². The summed E-state index contributed by atoms with van der Waals surface area (Å²) >= 11 is 1.47. The maximum absolute atomic E-state index is 13.3. The molecule has 0 atom stereocenters. The number of aromatic nitrogens is 3. The Morgan fingerprint density at radius 2 is 1.77 bits per heavy atom. The van der Waals surface area contributed by atoms with Gasteiger partial charge in [0.2, 0.25) is 5.82 Å². The van der Waals surface area contributed by atoms with Crippen LogP contribution in [0.25, 0.3) is 16.4 Å². The number of hydrogen-bond donors (Lipinski definition) is 2. The SMILES string of the molecule is CNC(=O)c1ccc(CNC(=O)c2nc(-c3cccs3)n(-c3ccc(F)cc3)n2)cc1. The summed E-state index contributed by atoms with van der Waals surface area (Å²) in [7, 11) is 1.57. The highest BCUT2D eigenvalue weighted by atomic mass is 32.1. The van der Waals surface area contributed by atoms with E-state index >= 15 is 0 Å². The number of benzene rings is 2. The molecule has 2 aromatic heterocycles. The highest BCUT2D eigenvalue weighted by molar-refractivity contribution is 7.13. The maximum atomic E-state index is 13.3. The van der Waals surface area contributed by atoms with Crippen molar-refractivity contribution in [3.63, 3.8) is 0 Å². The Hall–Kier alpha value is -3.85. The van der Waals surface area contributed by atoms with E-state index in [2.05, 4.69) is 20.7 Å². The van der Waals surface area contributed by atoms with Gasteiger partial charge in [0.25, 0.3) is 11.8 Å². The van der Waals surface area contributed by atoms with Crippen molar-refractivity contribution in [3.05, 3.63) is 88.8 Å². The molecule has 4 aromatic rings. The van der Waals surface area contributed by atoms with Crippen LogP contribution in [0.1, 0.15) is 26.5 Å². The van der Waals surface area contributed by atoms with Gasteiger partial charge in [-0.25, -0.2) is 14.1 Å². The monoisotopic (exact) mass is 435 g/mol. The number of amides is 2. The first kappa shape index (κ1) is 20.4. The molecule has 0 fully saturated rings. The lowest BCUT2D eigenvalue weighted by molar-refractivity contribution is 0.0937. The lowest BCUT2D eigenvalue weighted by Crippen LogP contribution is -2.24. The van der Waals surface area contributed by atoms with Gasteiger partial charge in [0.05, 0.1) is 10.6 Å². The molecule has 0 bridgehead atoms. The normalized spacial score (nSPS) is 10.6. The van der Waals surface area contributed by atoms with E-state index < -0.39 is 5.91 Å². The van der Waals surface area contributed by atoms with E-state index in [1.54, 1.807) is 43.4 Å². The Balaban J connectivity index is 1.55. The second-order valence-corrected chi connectivity index (χ2v) is 7.53. The van der Waals surface area contributed by atoms with Crippen LogP contribution in [0.2, 0.25) is 0 Å². The van der Waals surface area contributed by atoms with Gasteiger partial charge in [0, 0.05) is 19.2 Å². The van der Waals surface area contributed by atoms with E-state index in [-0.39, 0.29) is 24.1 Å². The topological polar surface area (TPSA) is 88.9 Å². The lowest BCUT2D eigenvalue weighted by atomic mass is 10.1. The molecule has 0 aliphatic heterocycles. The second kappa shape index (κ2) is 8.88. The van der Waals surface area contributed by atoms with Crippen LogP contribution in [0.4, 0.5) is 4.39 Å². The number of hydrogen-bond acceptors (Lipinski definition) is 5. The number of nitrogens with one attached hydrogen (secondary N) is 2. The van der Waals surface area contributed by atoms with Crippen LogP contribution in [0.3, 0.4) is 0 Å². The molecule has 0 spiro atoms. The van der Waals surface area contributed by atoms with Gasteiger partial charge in [-0.1, -0.05) is 18.2 Å². The Morgan fingerprint density at radius 3 is 2.42 bits per heavy atom. The van der Waals surface area contributed by atoms with Gasteiger partial charge < -0.3 is 10.6 Å². The molecule has 156 valence electrons. The summed E-state index contributed by atoms with van der Waals surface area (Å²) in [6.07, 6.45) is 0. The Kier molecular flexibility index (Phi) is 5.85. The molecule has 9 heteroatoms. The van der Waals surface area contributed by atoms with Crippen molar-refractivity contribution in [3.8, 4) is 16.4 Å². The standard InChI is InChI=1S/C22H18FN5O2S/c1-24-21(29)15-6-4-14(5-7-15)13-25-22(30)19-26-20(18-3-2-12-31-18)28(27-19)17-10-8-16(23)9-11-17/h2-12H,13H2,1H3,(H,24,29)(H,25,30). The van der Waals surface area contributed by atoms with Crippen LogP contribution in [0.15, 0.2) is 66.0 Å². The molecule has 0 saturated carbocycles. The van der Waals surface area contributed by atoms with Crippen molar-refractivity contribution in [1.82, 2.24) is 25.4 Å². The molecule has 2 N–H and O–H groups in total. The molecule has 0 radical (unpaired) electrons. The van der Waals surface area contributed by atoms with Crippen molar-refractivity contribution in [2.45, 2.75) is 6.54 Å². The number of thiophene rings is 1. The first-order chi connectivity index (χ1) is 15.0. The van der Waals surface area contributed by atoms with Crippen molar-refractivity contribution in [1.29, 1.82) is 0 Å². The van der Waals surface area contributed by atoms with E-state index in [1.807, 2.05) is 17.5 Å². The van der Waals surface area contributed by atoms with Crippen LogP contribution in [-0.2, 0) is 6.54 Å². The third-order valence-corrected chi connectivity index (χ3v) is 5.39. The van der Waals surface area contributed by atoms with E-state index in [1.165, 1.54) is 28.2 Å². The average Bonchev–Trinajstić information content (AvgIpc) is 3.48. The molecule has 4 rings (SSSR count). The minimum Gasteiger partial charge on any atom is -0.355 e. The summed E-state index contributed by atoms with van der Waals surface area (Å²) in [4.78, 5) is 29.6. The molecule has 2 aromatic carbocycles. The van der Waals surface area contributed by atoms with E-state index in [9.17, 15) is 14.0 Å². The maximum Gasteiger partial charge on any atom is 0.291 e. The summed E-state index contributed by atoms with van der Waals surface area (Å²) in [6.45, 7) is 0.256. The summed E-state index contributed by atoms with van der Waals surface area (Å²) in [5.74, 6) is -0.459. The molecule has 0 unspecified atom stereocenters. The van der Waals surface area contributed by atoms with Gasteiger partial charge >= 0.3 is 0 Å². The molecule has 0 aliphatic rings. The van der Waals surface area contributed by atoms with Gasteiger partial charge in [-0.15, -0.1) is 16.4 Å². The highest BCUT2D eigenvalue weighted by Crippen LogP contribution is 2.25. The smallest absolute Gasteiger partial charge is 0.291 e. The lowest BCUT2D eigenvalue weighted by Gasteiger charge is -2.05. The first-order valence-corrected chi connectivity index (χ1v) is 10.3. The number of carbonyl (C=O) groups is 2. The summed E-state index contributed by atoms with van der Waals surface area (Å²) < 4.78 is 14.9. The Morgan fingerprint density at radius 1 is 1.03 bits per heavy atom. The number of nitrogens with zero attached hydrogens (tertiary/aromatic N) is 3. The predicted octanol–water partition coefficient (Wildman–Crippen LogP) is 3.42. The van der Waals surface area contributed by atoms with Crippen LogP contribution in [0.5, 0.6) is 0 Å². The number of carbonyl (C=O) groups excluding carboxylic acids is 2. The van der Waals surface area contributed by atoms with Crippen LogP contribution in [0, 0.1) is 5.82 Å². The molecule has 2 amide bonds.